The number of nitrogens with zero attached hydrogens (tertiary/aromatic N) is 3. The molecule has 0 spiro atoms. The Hall–Kier alpha value is -2.52. The number of hydrogen-bond donors (Lipinski definition) is 1. The van der Waals surface area contributed by atoms with Gasteiger partial charge in [-0.25, -0.2) is 14.8 Å². The molecule has 1 fully saturated rings. The van der Waals surface area contributed by atoms with E-state index in [4.69, 9.17) is 9.47 Å². The van der Waals surface area contributed by atoms with Crippen LogP contribution in [0.3, 0.4) is 0 Å². The molecule has 1 aliphatic heterocycles. The standard InChI is InChI=1S/C22H29N3O5S/c1-22(2,3)30-21(26)25-11-9-16(10-12-25)15-29-18-13-23-20(24-14-18)17-5-7-19(8-6-17)31(4,27)28/h5-8,13-14,16H,9-12,15H2,1-4H3/p+1. The largest absolute Gasteiger partial charge is 0.490 e. The monoisotopic (exact) mass is 448 g/mol. The molecular weight excluding hydrogens is 418 g/mol. The molecule has 1 aliphatic rings. The van der Waals surface area contributed by atoms with Crippen molar-refractivity contribution >= 4 is 16.3 Å². The Labute approximate surface area is 184 Å². The minimum atomic E-state index is -2.98. The molecule has 0 saturated carbocycles. The molecule has 0 aliphatic carbocycles. The van der Waals surface area contributed by atoms with Gasteiger partial charge in [-0.1, -0.05) is 4.21 Å². The van der Waals surface area contributed by atoms with Crippen LogP contribution < -0.4 is 4.74 Å². The molecule has 9 heteroatoms. The Morgan fingerprint density at radius 1 is 1.16 bits per heavy atom. The minimum Gasteiger partial charge on any atom is -0.490 e. The second kappa shape index (κ2) is 9.32. The van der Waals surface area contributed by atoms with E-state index in [1.807, 2.05) is 20.8 Å². The summed E-state index contributed by atoms with van der Waals surface area (Å²) in [7, 11) is -2.98. The molecule has 2 heterocycles. The summed E-state index contributed by atoms with van der Waals surface area (Å²) in [6, 6.07) is 6.66. The van der Waals surface area contributed by atoms with E-state index in [1.54, 1.807) is 41.6 Å². The quantitative estimate of drug-likeness (QED) is 0.686. The highest BCUT2D eigenvalue weighted by Crippen LogP contribution is 2.23. The Morgan fingerprint density at radius 2 is 1.74 bits per heavy atom. The van der Waals surface area contributed by atoms with E-state index in [9.17, 15) is 13.6 Å². The lowest BCUT2D eigenvalue weighted by Gasteiger charge is -2.33. The second-order valence-electron chi connectivity index (χ2n) is 8.79. The van der Waals surface area contributed by atoms with E-state index in [1.165, 1.54) is 6.26 Å². The third-order valence-electron chi connectivity index (χ3n) is 4.93. The van der Waals surface area contributed by atoms with Crippen LogP contribution in [0.25, 0.3) is 11.4 Å². The molecule has 8 nitrogen and oxygen atoms in total. The second-order valence-corrected chi connectivity index (χ2v) is 10.9. The highest BCUT2D eigenvalue weighted by molar-refractivity contribution is 7.97. The van der Waals surface area contributed by atoms with Gasteiger partial charge in [0.15, 0.2) is 16.5 Å². The number of benzene rings is 1. The fraction of sp³-hybridized carbons (Fsp3) is 0.500. The van der Waals surface area contributed by atoms with Crippen LogP contribution in [0.5, 0.6) is 5.75 Å². The lowest BCUT2D eigenvalue weighted by molar-refractivity contribution is 0.0165. The lowest BCUT2D eigenvalue weighted by Crippen LogP contribution is -2.42. The molecular formula is C22H30N3O5S+. The third-order valence-corrected chi connectivity index (χ3v) is 6.08. The summed E-state index contributed by atoms with van der Waals surface area (Å²) in [5, 5.41) is 0. The molecule has 168 valence electrons. The zero-order valence-electron chi connectivity index (χ0n) is 18.4. The van der Waals surface area contributed by atoms with Gasteiger partial charge in [-0.2, -0.15) is 4.55 Å². The Balaban J connectivity index is 1.48. The van der Waals surface area contributed by atoms with E-state index < -0.39 is 15.8 Å². The molecule has 2 aromatic rings. The van der Waals surface area contributed by atoms with Crippen molar-refractivity contribution < 1.29 is 23.0 Å². The van der Waals surface area contributed by atoms with Gasteiger partial charge in [-0.3, -0.25) is 0 Å². The Bertz CT molecular complexity index is 927. The number of amides is 1. The van der Waals surface area contributed by atoms with Crippen molar-refractivity contribution in [1.29, 1.82) is 0 Å². The normalized spacial score (nSPS) is 17.1. The van der Waals surface area contributed by atoms with E-state index >= 15 is 0 Å². The molecule has 1 aromatic heterocycles. The van der Waals surface area contributed by atoms with E-state index in [-0.39, 0.29) is 6.09 Å². The average Bonchev–Trinajstić information content (AvgIpc) is 2.71. The van der Waals surface area contributed by atoms with Crippen molar-refractivity contribution in [1.82, 2.24) is 14.9 Å². The van der Waals surface area contributed by atoms with Crippen molar-refractivity contribution in [2.24, 2.45) is 5.92 Å². The van der Waals surface area contributed by atoms with Crippen LogP contribution in [0.1, 0.15) is 33.6 Å². The fourth-order valence-corrected chi connectivity index (χ4v) is 3.86. The van der Waals surface area contributed by atoms with Crippen LogP contribution >= 0.6 is 0 Å². The summed E-state index contributed by atoms with van der Waals surface area (Å²) >= 11 is 0. The van der Waals surface area contributed by atoms with Crippen molar-refractivity contribution in [2.45, 2.75) is 44.1 Å². The number of hydrogen-bond acceptors (Lipinski definition) is 6. The fourth-order valence-electron chi connectivity index (χ4n) is 3.22. The summed E-state index contributed by atoms with van der Waals surface area (Å²) in [5.41, 5.74) is 0.273. The molecule has 1 unspecified atom stereocenters. The maximum atomic E-state index is 12.1. The maximum absolute atomic E-state index is 12.1. The highest BCUT2D eigenvalue weighted by atomic mass is 32.3. The van der Waals surface area contributed by atoms with Crippen molar-refractivity contribution in [2.75, 3.05) is 26.0 Å². The zero-order chi connectivity index (χ0) is 22.6. The zero-order valence-corrected chi connectivity index (χ0v) is 19.2. The Kier molecular flexibility index (Phi) is 6.96. The van der Waals surface area contributed by atoms with Crippen molar-refractivity contribution in [3.05, 3.63) is 36.7 Å². The van der Waals surface area contributed by atoms with Crippen LogP contribution in [-0.2, 0) is 19.2 Å². The van der Waals surface area contributed by atoms with Crippen LogP contribution in [0.2, 0.25) is 0 Å². The smallest absolute Gasteiger partial charge is 0.410 e. The molecule has 1 aromatic carbocycles. The van der Waals surface area contributed by atoms with Gasteiger partial charge in [-0.05, 0) is 63.8 Å². The first-order valence-corrected chi connectivity index (χ1v) is 12.2. The van der Waals surface area contributed by atoms with Crippen LogP contribution in [0.4, 0.5) is 4.79 Å². The maximum Gasteiger partial charge on any atom is 0.410 e. The third kappa shape index (κ3) is 6.73. The van der Waals surface area contributed by atoms with Gasteiger partial charge in [0.1, 0.15) is 11.9 Å². The van der Waals surface area contributed by atoms with Crippen LogP contribution in [0.15, 0.2) is 41.6 Å². The molecule has 1 atom stereocenters. The van der Waals surface area contributed by atoms with E-state index in [0.29, 0.717) is 42.1 Å². The summed E-state index contributed by atoms with van der Waals surface area (Å²) < 4.78 is 32.5. The van der Waals surface area contributed by atoms with Gasteiger partial charge in [0, 0.05) is 18.7 Å². The van der Waals surface area contributed by atoms with Gasteiger partial charge in [0.2, 0.25) is 10.2 Å². The number of aromatic nitrogens is 2. The molecule has 1 saturated heterocycles. The average molecular weight is 449 g/mol. The van der Waals surface area contributed by atoms with Crippen molar-refractivity contribution in [3.63, 3.8) is 0 Å². The number of carbonyl (C=O) groups is 1. The van der Waals surface area contributed by atoms with Gasteiger partial charge < -0.3 is 14.4 Å². The molecule has 0 radical (unpaired) electrons. The first-order valence-electron chi connectivity index (χ1n) is 10.3. The predicted molar refractivity (Wildman–Crippen MR) is 118 cm³/mol. The predicted octanol–water partition coefficient (Wildman–Crippen LogP) is 4.13. The first kappa shape index (κ1) is 23.1. The van der Waals surface area contributed by atoms with E-state index in [0.717, 1.165) is 18.4 Å². The molecule has 31 heavy (non-hydrogen) atoms. The molecule has 0 bridgehead atoms. The summed E-state index contributed by atoms with van der Waals surface area (Å²) in [4.78, 5) is 22.9. The van der Waals surface area contributed by atoms with Crippen LogP contribution in [-0.4, -0.2) is 57.1 Å². The van der Waals surface area contributed by atoms with Gasteiger partial charge in [0.25, 0.3) is 0 Å². The first-order chi connectivity index (χ1) is 14.5. The number of piperidine rings is 1. The van der Waals surface area contributed by atoms with E-state index in [2.05, 4.69) is 9.97 Å². The van der Waals surface area contributed by atoms with Gasteiger partial charge in [0.05, 0.1) is 19.0 Å². The number of rotatable bonds is 5. The summed E-state index contributed by atoms with van der Waals surface area (Å²) in [5.74, 6) is 1.46. The van der Waals surface area contributed by atoms with Gasteiger partial charge >= 0.3 is 6.09 Å². The van der Waals surface area contributed by atoms with Crippen LogP contribution in [0, 0.1) is 5.92 Å². The molecule has 1 N–H and O–H groups in total. The highest BCUT2D eigenvalue weighted by Gasteiger charge is 2.27. The Morgan fingerprint density at radius 3 is 2.26 bits per heavy atom. The number of likely N-dealkylation sites (tertiary alicyclic amines) is 1. The minimum absolute atomic E-state index is 0.260. The molecule has 1 amide bonds. The number of carbonyl (C=O) groups excluding carboxylic acids is 1. The summed E-state index contributed by atoms with van der Waals surface area (Å²) in [6.07, 6.45) is 5.99. The number of ether oxygens (including phenoxy) is 2. The van der Waals surface area contributed by atoms with Gasteiger partial charge in [-0.15, -0.1) is 0 Å². The lowest BCUT2D eigenvalue weighted by atomic mass is 9.98. The molecule has 3 rings (SSSR count). The topological polar surface area (TPSA) is 102 Å². The summed E-state index contributed by atoms with van der Waals surface area (Å²) in [6.45, 7) is 7.46. The SMILES string of the molecule is CC(C)(C)OC(=O)N1CCC(COc2cnc(-c3ccc([S+](C)(=O)O)cc3)nc2)CC1. The van der Waals surface area contributed by atoms with Crippen molar-refractivity contribution in [3.8, 4) is 17.1 Å².